The molecule has 2 heterocycles. The average molecular weight is 330 g/mol. The molecule has 6 atom stereocenters. The maximum absolute atomic E-state index is 11.4. The zero-order chi connectivity index (χ0) is 17.1. The summed E-state index contributed by atoms with van der Waals surface area (Å²) in [5.41, 5.74) is 0.794. The smallest absolute Gasteiger partial charge is 0.302 e. The number of ether oxygens (including phenoxy) is 3. The third-order valence-electron chi connectivity index (χ3n) is 6.81. The van der Waals surface area contributed by atoms with Crippen LogP contribution in [0.4, 0.5) is 0 Å². The van der Waals surface area contributed by atoms with Crippen molar-refractivity contribution < 1.29 is 19.0 Å². The number of para-hydroxylation sites is 1. The van der Waals surface area contributed by atoms with Gasteiger partial charge in [-0.05, 0) is 31.2 Å². The van der Waals surface area contributed by atoms with E-state index in [1.54, 1.807) is 0 Å². The highest BCUT2D eigenvalue weighted by molar-refractivity contribution is 5.65. The normalized spacial score (nSPS) is 42.7. The van der Waals surface area contributed by atoms with Gasteiger partial charge in [-0.1, -0.05) is 32.0 Å². The second-order valence-corrected chi connectivity index (χ2v) is 8.12. The fourth-order valence-corrected chi connectivity index (χ4v) is 5.49. The summed E-state index contributed by atoms with van der Waals surface area (Å²) < 4.78 is 18.4. The maximum Gasteiger partial charge on any atom is 0.302 e. The van der Waals surface area contributed by atoms with Gasteiger partial charge in [-0.2, -0.15) is 0 Å². The summed E-state index contributed by atoms with van der Waals surface area (Å²) in [4.78, 5) is 11.4. The van der Waals surface area contributed by atoms with Crippen molar-refractivity contribution in [1.29, 1.82) is 0 Å². The van der Waals surface area contributed by atoms with E-state index >= 15 is 0 Å². The topological polar surface area (TPSA) is 44.8 Å². The number of rotatable bonds is 2. The van der Waals surface area contributed by atoms with Crippen molar-refractivity contribution in [2.75, 3.05) is 13.2 Å². The van der Waals surface area contributed by atoms with Crippen LogP contribution in [0.3, 0.4) is 0 Å². The van der Waals surface area contributed by atoms with E-state index in [1.807, 2.05) is 18.2 Å². The average Bonchev–Trinajstić information content (AvgIpc) is 2.52. The van der Waals surface area contributed by atoms with Gasteiger partial charge in [-0.15, -0.1) is 0 Å². The second-order valence-electron chi connectivity index (χ2n) is 8.12. The lowest BCUT2D eigenvalue weighted by Crippen LogP contribution is -2.66. The molecule has 4 heteroatoms. The molecule has 0 amide bonds. The molecule has 3 aliphatic rings. The van der Waals surface area contributed by atoms with Crippen LogP contribution in [0.25, 0.3) is 0 Å². The van der Waals surface area contributed by atoms with E-state index in [4.69, 9.17) is 14.2 Å². The van der Waals surface area contributed by atoms with Gasteiger partial charge in [0.15, 0.2) is 0 Å². The third kappa shape index (κ3) is 2.05. The summed E-state index contributed by atoms with van der Waals surface area (Å²) >= 11 is 0. The molecule has 1 aromatic carbocycles. The minimum Gasteiger partial charge on any atom is -0.487 e. The van der Waals surface area contributed by atoms with Gasteiger partial charge in [0.1, 0.15) is 11.4 Å². The number of esters is 1. The van der Waals surface area contributed by atoms with Crippen LogP contribution in [0.1, 0.15) is 45.8 Å². The number of carbonyl (C=O) groups is 1. The lowest BCUT2D eigenvalue weighted by atomic mass is 9.50. The summed E-state index contributed by atoms with van der Waals surface area (Å²) in [7, 11) is 0. The van der Waals surface area contributed by atoms with E-state index in [1.165, 1.54) is 6.92 Å². The van der Waals surface area contributed by atoms with E-state index in [-0.39, 0.29) is 29.0 Å². The highest BCUT2D eigenvalue weighted by atomic mass is 16.5. The van der Waals surface area contributed by atoms with Crippen LogP contribution in [0, 0.1) is 23.2 Å². The first-order valence-corrected chi connectivity index (χ1v) is 8.90. The number of hydrogen-bond acceptors (Lipinski definition) is 4. The third-order valence-corrected chi connectivity index (χ3v) is 6.81. The van der Waals surface area contributed by atoms with Gasteiger partial charge in [0.25, 0.3) is 0 Å². The molecule has 0 unspecified atom stereocenters. The van der Waals surface area contributed by atoms with Gasteiger partial charge < -0.3 is 14.2 Å². The highest BCUT2D eigenvalue weighted by Gasteiger charge is 2.64. The van der Waals surface area contributed by atoms with Crippen molar-refractivity contribution in [1.82, 2.24) is 0 Å². The summed E-state index contributed by atoms with van der Waals surface area (Å²) in [5, 5.41) is 0. The molecular formula is C20H26O4. The largest absolute Gasteiger partial charge is 0.487 e. The molecule has 0 spiro atoms. The van der Waals surface area contributed by atoms with Gasteiger partial charge in [0.2, 0.25) is 0 Å². The molecule has 24 heavy (non-hydrogen) atoms. The zero-order valence-electron chi connectivity index (χ0n) is 14.9. The Hall–Kier alpha value is -1.55. The minimum atomic E-state index is -0.238. The number of fused-ring (bicyclic) bond motifs is 3. The van der Waals surface area contributed by atoms with Crippen LogP contribution >= 0.6 is 0 Å². The molecule has 1 aliphatic carbocycles. The molecule has 0 radical (unpaired) electrons. The van der Waals surface area contributed by atoms with Crippen molar-refractivity contribution in [3.8, 4) is 5.75 Å². The maximum atomic E-state index is 11.4. The first-order valence-electron chi connectivity index (χ1n) is 8.90. The lowest BCUT2D eigenvalue weighted by Gasteiger charge is -2.63. The molecule has 4 rings (SSSR count). The van der Waals surface area contributed by atoms with Crippen molar-refractivity contribution in [2.24, 2.45) is 23.2 Å². The molecule has 0 N–H and O–H groups in total. The monoisotopic (exact) mass is 330 g/mol. The van der Waals surface area contributed by atoms with Crippen molar-refractivity contribution in [3.05, 3.63) is 29.8 Å². The Labute approximate surface area is 143 Å². The molecule has 1 saturated heterocycles. The summed E-state index contributed by atoms with van der Waals surface area (Å²) in [5.74, 6) is 1.73. The summed E-state index contributed by atoms with van der Waals surface area (Å²) in [6.45, 7) is 9.30. The van der Waals surface area contributed by atoms with E-state index in [0.29, 0.717) is 25.0 Å². The quantitative estimate of drug-likeness (QED) is 0.775. The Morgan fingerprint density at radius 2 is 2.08 bits per heavy atom. The Kier molecular flexibility index (Phi) is 3.47. The SMILES string of the molecule is CC(=O)OC[C@@]12CO[C@@H]3c4ccccc4O[C@@](C)(C[C@H]1C)[C@H]3[C@@H]2C. The second kappa shape index (κ2) is 5.22. The van der Waals surface area contributed by atoms with Crippen molar-refractivity contribution >= 4 is 5.97 Å². The summed E-state index contributed by atoms with van der Waals surface area (Å²) in [6.07, 6.45) is 1.02. The predicted molar refractivity (Wildman–Crippen MR) is 89.7 cm³/mol. The Bertz CT molecular complexity index is 671. The molecule has 1 aromatic rings. The molecule has 2 aliphatic heterocycles. The minimum absolute atomic E-state index is 0.0629. The van der Waals surface area contributed by atoms with Gasteiger partial charge in [-0.3, -0.25) is 4.79 Å². The molecule has 130 valence electrons. The molecule has 2 fully saturated rings. The van der Waals surface area contributed by atoms with Crippen molar-refractivity contribution in [3.63, 3.8) is 0 Å². The standard InChI is InChI=1S/C20H26O4/c1-12-9-19(4)17-13(2)20(12,10-22-14(3)21)11-23-18(17)15-7-5-6-8-16(15)24-19/h5-8,12-13,17-18H,9-11H2,1-4H3/t12-,13+,17+,18-,19+,20-/m1/s1. The van der Waals surface area contributed by atoms with Crippen molar-refractivity contribution in [2.45, 2.75) is 45.8 Å². The number of carbonyl (C=O) groups excluding carboxylic acids is 1. The molecule has 1 saturated carbocycles. The number of benzene rings is 1. The van der Waals surface area contributed by atoms with E-state index in [2.05, 4.69) is 26.8 Å². The van der Waals surface area contributed by atoms with Crippen LogP contribution in [0.5, 0.6) is 5.75 Å². The first kappa shape index (κ1) is 15.9. The van der Waals surface area contributed by atoms with Crippen LogP contribution in [0.2, 0.25) is 0 Å². The van der Waals surface area contributed by atoms with Crippen LogP contribution in [-0.2, 0) is 14.3 Å². The highest BCUT2D eigenvalue weighted by Crippen LogP contribution is 2.63. The van der Waals surface area contributed by atoms with E-state index in [9.17, 15) is 4.79 Å². The lowest BCUT2D eigenvalue weighted by molar-refractivity contribution is -0.261. The van der Waals surface area contributed by atoms with Gasteiger partial charge in [0, 0.05) is 23.8 Å². The molecule has 4 nitrogen and oxygen atoms in total. The predicted octanol–water partition coefficient (Wildman–Crippen LogP) is 3.75. The molecule has 2 bridgehead atoms. The van der Waals surface area contributed by atoms with Gasteiger partial charge >= 0.3 is 5.97 Å². The molecule has 0 aromatic heterocycles. The molecular weight excluding hydrogens is 304 g/mol. The van der Waals surface area contributed by atoms with Crippen LogP contribution in [-0.4, -0.2) is 24.8 Å². The van der Waals surface area contributed by atoms with Crippen LogP contribution < -0.4 is 4.74 Å². The Balaban J connectivity index is 1.76. The zero-order valence-corrected chi connectivity index (χ0v) is 14.9. The van der Waals surface area contributed by atoms with E-state index < -0.39 is 0 Å². The number of hydrogen-bond donors (Lipinski definition) is 0. The van der Waals surface area contributed by atoms with E-state index in [0.717, 1.165) is 17.7 Å². The van der Waals surface area contributed by atoms with Gasteiger partial charge in [0.05, 0.1) is 19.3 Å². The fraction of sp³-hybridized carbons (Fsp3) is 0.650. The summed E-state index contributed by atoms with van der Waals surface area (Å²) in [6, 6.07) is 8.23. The first-order chi connectivity index (χ1) is 11.4. The fourth-order valence-electron chi connectivity index (χ4n) is 5.49. The van der Waals surface area contributed by atoms with Gasteiger partial charge in [-0.25, -0.2) is 0 Å². The Morgan fingerprint density at radius 3 is 2.83 bits per heavy atom. The van der Waals surface area contributed by atoms with Crippen LogP contribution in [0.15, 0.2) is 24.3 Å². The Morgan fingerprint density at radius 1 is 1.33 bits per heavy atom.